The van der Waals surface area contributed by atoms with E-state index in [1.54, 1.807) is 17.9 Å². The van der Waals surface area contributed by atoms with E-state index in [0.717, 1.165) is 40.4 Å². The molecule has 3 heterocycles. The molecule has 3 N–H and O–H groups in total. The third-order valence-electron chi connectivity index (χ3n) is 4.94. The molecule has 0 aliphatic rings. The predicted molar refractivity (Wildman–Crippen MR) is 148 cm³/mol. The van der Waals surface area contributed by atoms with Crippen LogP contribution in [0.2, 0.25) is 0 Å². The monoisotopic (exact) mass is 526 g/mol. The number of pyridine rings is 1. The van der Waals surface area contributed by atoms with Gasteiger partial charge >= 0.3 is 0 Å². The van der Waals surface area contributed by atoms with E-state index >= 15 is 0 Å². The Morgan fingerprint density at radius 3 is 2.59 bits per heavy atom. The number of rotatable bonds is 8. The van der Waals surface area contributed by atoms with Crippen LogP contribution in [-0.4, -0.2) is 42.9 Å². The Hall–Kier alpha value is -3.86. The molecule has 0 fully saturated rings. The number of fused-ring (bicyclic) bond motifs is 1. The van der Waals surface area contributed by atoms with E-state index in [1.165, 1.54) is 11.9 Å². The highest BCUT2D eigenvalue weighted by molar-refractivity contribution is 8.00. The number of ether oxygens (including phenoxy) is 1. The van der Waals surface area contributed by atoms with Gasteiger partial charge in [-0.05, 0) is 62.5 Å². The zero-order chi connectivity index (χ0) is 27.4. The Bertz CT molecular complexity index is 1370. The summed E-state index contributed by atoms with van der Waals surface area (Å²) in [5.41, 5.74) is 4.37. The largest absolute Gasteiger partial charge is 0.493 e. The zero-order valence-corrected chi connectivity index (χ0v) is 22.8. The van der Waals surface area contributed by atoms with Gasteiger partial charge in [0.2, 0.25) is 0 Å². The van der Waals surface area contributed by atoms with E-state index in [-0.39, 0.29) is 12.0 Å². The second-order valence-corrected chi connectivity index (χ2v) is 8.40. The molecule has 1 aromatic carbocycles. The average molecular weight is 527 g/mol. The van der Waals surface area contributed by atoms with Crippen LogP contribution in [0, 0.1) is 6.92 Å². The van der Waals surface area contributed by atoms with E-state index < -0.39 is 0 Å². The lowest BCUT2D eigenvalue weighted by Gasteiger charge is -2.12. The van der Waals surface area contributed by atoms with Gasteiger partial charge < -0.3 is 19.5 Å². The zero-order valence-electron chi connectivity index (χ0n) is 22.0. The minimum Gasteiger partial charge on any atom is -0.493 e. The van der Waals surface area contributed by atoms with Crippen molar-refractivity contribution in [2.75, 3.05) is 11.3 Å². The first-order valence-corrected chi connectivity index (χ1v) is 12.9. The second kappa shape index (κ2) is 14.6. The molecule has 4 aromatic rings. The van der Waals surface area contributed by atoms with Crippen LogP contribution in [0.15, 0.2) is 46.2 Å². The van der Waals surface area contributed by atoms with Crippen LogP contribution in [0.5, 0.6) is 5.75 Å². The molecule has 198 valence electrons. The lowest BCUT2D eigenvalue weighted by molar-refractivity contribution is -0.122. The summed E-state index contributed by atoms with van der Waals surface area (Å²) in [6.45, 7) is 10.2. The maximum Gasteiger partial charge on any atom is 0.290 e. The number of aromatic nitrogens is 5. The van der Waals surface area contributed by atoms with Gasteiger partial charge in [-0.15, -0.1) is 0 Å². The number of nitrogens with zero attached hydrogens (tertiary/aromatic N) is 4. The van der Waals surface area contributed by atoms with Crippen molar-refractivity contribution in [1.82, 2.24) is 24.7 Å². The molecule has 0 spiro atoms. The van der Waals surface area contributed by atoms with Crippen LogP contribution in [0.3, 0.4) is 0 Å². The van der Waals surface area contributed by atoms with E-state index in [9.17, 15) is 4.79 Å². The molecular weight excluding hydrogens is 492 g/mol. The van der Waals surface area contributed by atoms with E-state index in [0.29, 0.717) is 29.2 Å². The fourth-order valence-electron chi connectivity index (χ4n) is 3.55. The van der Waals surface area contributed by atoms with Crippen molar-refractivity contribution < 1.29 is 14.6 Å². The Balaban J connectivity index is 0.000000898. The van der Waals surface area contributed by atoms with Crippen LogP contribution in [0.4, 0.5) is 5.69 Å². The summed E-state index contributed by atoms with van der Waals surface area (Å²) in [6, 6.07) is 9.74. The molecule has 0 saturated carbocycles. The van der Waals surface area contributed by atoms with Crippen molar-refractivity contribution in [2.24, 2.45) is 7.05 Å². The number of hydrogen-bond acceptors (Lipinski definition) is 8. The summed E-state index contributed by atoms with van der Waals surface area (Å²) in [5, 5.41) is 11.4. The van der Waals surface area contributed by atoms with Gasteiger partial charge in [-0.3, -0.25) is 19.3 Å². The van der Waals surface area contributed by atoms with Gasteiger partial charge in [-0.2, -0.15) is 5.10 Å². The van der Waals surface area contributed by atoms with E-state index in [4.69, 9.17) is 19.6 Å². The molecule has 0 atom stereocenters. The van der Waals surface area contributed by atoms with Crippen molar-refractivity contribution in [3.63, 3.8) is 0 Å². The van der Waals surface area contributed by atoms with Crippen LogP contribution in [0.25, 0.3) is 22.4 Å². The Morgan fingerprint density at radius 2 is 1.95 bits per heavy atom. The number of nitrogens with one attached hydrogen (secondary N) is 2. The lowest BCUT2D eigenvalue weighted by Crippen LogP contribution is -2.12. The standard InChI is InChI=1S/C23H26N6O2S.C2H6.CH2O2/c1-5-7-18-20-21(29(4)27-18)23(30)26-22(25-20)17-13-16(8-9-19(17)31-6-2)32-28-15-10-11-24-14(3)12-15;1-2;2-1-3/h8-13H,5-7H2,1-4H3,(H,24,28)(H,25,26,30);1-2H3;1H,(H,2,3). The maximum absolute atomic E-state index is 12.9. The molecule has 0 amide bonds. The average Bonchev–Trinajstić information content (AvgIpc) is 3.21. The molecule has 11 heteroatoms. The van der Waals surface area contributed by atoms with Crippen molar-refractivity contribution in [3.05, 3.63) is 58.3 Å². The van der Waals surface area contributed by atoms with Crippen molar-refractivity contribution >= 4 is 35.1 Å². The van der Waals surface area contributed by atoms with Gasteiger partial charge in [0.25, 0.3) is 12.0 Å². The van der Waals surface area contributed by atoms with E-state index in [2.05, 4.69) is 26.7 Å². The summed E-state index contributed by atoms with van der Waals surface area (Å²) in [5.74, 6) is 1.14. The number of aromatic amines is 1. The summed E-state index contributed by atoms with van der Waals surface area (Å²) < 4.78 is 10.8. The molecule has 10 nitrogen and oxygen atoms in total. The lowest BCUT2D eigenvalue weighted by atomic mass is 10.1. The number of carboxylic acid groups (broad SMARTS) is 1. The molecule has 0 radical (unpaired) electrons. The van der Waals surface area contributed by atoms with Crippen molar-refractivity contribution in [2.45, 2.75) is 52.4 Å². The normalized spacial score (nSPS) is 10.1. The molecule has 4 rings (SSSR count). The minimum absolute atomic E-state index is 0.215. The SMILES string of the molecule is CC.CCCc1nn(C)c2c(=O)[nH]c(-c3cc(SNc4ccnc(C)c4)ccc3OCC)nc12.O=CO. The van der Waals surface area contributed by atoms with Crippen LogP contribution >= 0.6 is 11.9 Å². The third-order valence-corrected chi connectivity index (χ3v) is 5.77. The number of H-pyrrole nitrogens is 1. The quantitative estimate of drug-likeness (QED) is 0.208. The van der Waals surface area contributed by atoms with Crippen LogP contribution in [-0.2, 0) is 18.3 Å². The number of aryl methyl sites for hydroxylation is 3. The third kappa shape index (κ3) is 7.56. The Labute approximate surface area is 220 Å². The molecule has 37 heavy (non-hydrogen) atoms. The molecule has 0 unspecified atom stereocenters. The van der Waals surface area contributed by atoms with Gasteiger partial charge in [-0.25, -0.2) is 4.98 Å². The van der Waals surface area contributed by atoms with Gasteiger partial charge in [0.1, 0.15) is 17.1 Å². The molecule has 3 aromatic heterocycles. The Kier molecular flexibility index (Phi) is 11.6. The molecule has 0 bridgehead atoms. The highest BCUT2D eigenvalue weighted by Crippen LogP contribution is 2.33. The fraction of sp³-hybridized carbons (Fsp3) is 0.346. The number of carbonyl (C=O) groups is 1. The van der Waals surface area contributed by atoms with Crippen LogP contribution in [0.1, 0.15) is 45.5 Å². The first-order chi connectivity index (χ1) is 17.9. The predicted octanol–water partition coefficient (Wildman–Crippen LogP) is 5.22. The van der Waals surface area contributed by atoms with Gasteiger partial charge in [0.05, 0.1) is 17.9 Å². The summed E-state index contributed by atoms with van der Waals surface area (Å²) >= 11 is 1.47. The van der Waals surface area contributed by atoms with Crippen molar-refractivity contribution in [3.8, 4) is 17.1 Å². The van der Waals surface area contributed by atoms with Gasteiger partial charge in [0, 0.05) is 29.5 Å². The minimum atomic E-state index is -0.250. The smallest absolute Gasteiger partial charge is 0.290 e. The highest BCUT2D eigenvalue weighted by atomic mass is 32.2. The second-order valence-electron chi connectivity index (χ2n) is 7.52. The first kappa shape index (κ1) is 29.4. The fourth-order valence-corrected chi connectivity index (χ4v) is 4.22. The van der Waals surface area contributed by atoms with Gasteiger partial charge in [-0.1, -0.05) is 27.2 Å². The van der Waals surface area contributed by atoms with E-state index in [1.807, 2.05) is 58.0 Å². The summed E-state index contributed by atoms with van der Waals surface area (Å²) in [7, 11) is 1.77. The summed E-state index contributed by atoms with van der Waals surface area (Å²) in [4.78, 5) is 34.2. The maximum atomic E-state index is 12.9. The molecular formula is C26H34N6O4S. The first-order valence-electron chi connectivity index (χ1n) is 12.1. The summed E-state index contributed by atoms with van der Waals surface area (Å²) in [6.07, 6.45) is 3.45. The molecule has 0 saturated heterocycles. The molecule has 0 aliphatic carbocycles. The van der Waals surface area contributed by atoms with Crippen LogP contribution < -0.4 is 15.0 Å². The number of hydrogen-bond donors (Lipinski definition) is 3. The molecule has 0 aliphatic heterocycles. The van der Waals surface area contributed by atoms with Crippen molar-refractivity contribution in [1.29, 1.82) is 0 Å². The topological polar surface area (TPSA) is 135 Å². The highest BCUT2D eigenvalue weighted by Gasteiger charge is 2.18. The number of anilines is 1. The number of benzene rings is 1. The Morgan fingerprint density at radius 1 is 1.22 bits per heavy atom. The van der Waals surface area contributed by atoms with Gasteiger partial charge in [0.15, 0.2) is 5.52 Å².